The molecule has 2 atom stereocenters. The van der Waals surface area contributed by atoms with Crippen molar-refractivity contribution >= 4 is 22.7 Å². The lowest BCUT2D eigenvalue weighted by Gasteiger charge is -2.18. The Morgan fingerprint density at radius 2 is 1.50 bits per heavy atom. The van der Waals surface area contributed by atoms with Gasteiger partial charge >= 0.3 is 5.97 Å². The quantitative estimate of drug-likeness (QED) is 0.217. The van der Waals surface area contributed by atoms with Crippen molar-refractivity contribution in [2.45, 2.75) is 32.2 Å². The van der Waals surface area contributed by atoms with Crippen LogP contribution in [0, 0.1) is 6.92 Å². The largest absolute Gasteiger partial charge is 0.480 e. The molecule has 4 rings (SSSR count). The minimum Gasteiger partial charge on any atom is -0.480 e. The summed E-state index contributed by atoms with van der Waals surface area (Å²) in [6.07, 6.45) is 3.13. The van der Waals surface area contributed by atoms with Crippen LogP contribution in [0.15, 0.2) is 97.1 Å². The highest BCUT2D eigenvalue weighted by Gasteiger charge is 2.23. The number of hydrogen-bond donors (Lipinski definition) is 2. The number of carbonyl (C=O) groups excluding carboxylic acids is 1. The summed E-state index contributed by atoms with van der Waals surface area (Å²) in [4.78, 5) is 25.1. The second-order valence-electron chi connectivity index (χ2n) is 9.69. The van der Waals surface area contributed by atoms with E-state index in [2.05, 4.69) is 11.4 Å². The molecule has 206 valence electrons. The number of carboxylic acids is 1. The molecule has 0 aromatic heterocycles. The highest BCUT2D eigenvalue weighted by atomic mass is 32.2. The number of aryl methyl sites for hydroxylation is 3. The van der Waals surface area contributed by atoms with Crippen molar-refractivity contribution in [1.82, 2.24) is 5.32 Å². The summed E-state index contributed by atoms with van der Waals surface area (Å²) >= 11 is 0. The van der Waals surface area contributed by atoms with Gasteiger partial charge in [0.2, 0.25) is 0 Å². The van der Waals surface area contributed by atoms with E-state index in [0.717, 1.165) is 52.2 Å². The summed E-state index contributed by atoms with van der Waals surface area (Å²) in [5.74, 6) is 0.134. The van der Waals surface area contributed by atoms with Gasteiger partial charge in [-0.25, -0.2) is 4.79 Å². The maximum atomic E-state index is 13.3. The van der Waals surface area contributed by atoms with Gasteiger partial charge in [-0.1, -0.05) is 66.7 Å². The third-order valence-corrected chi connectivity index (χ3v) is 7.45. The minimum atomic E-state index is -1.16. The number of para-hydroxylation sites is 1. The van der Waals surface area contributed by atoms with Crippen molar-refractivity contribution in [3.63, 3.8) is 0 Å². The van der Waals surface area contributed by atoms with Crippen LogP contribution in [-0.4, -0.2) is 39.2 Å². The van der Waals surface area contributed by atoms with Gasteiger partial charge < -0.3 is 15.2 Å². The maximum Gasteiger partial charge on any atom is 0.326 e. The highest BCUT2D eigenvalue weighted by Crippen LogP contribution is 2.29. The Labute approximate surface area is 237 Å². The summed E-state index contributed by atoms with van der Waals surface area (Å²) in [7, 11) is -1.16. The zero-order chi connectivity index (χ0) is 28.5. The number of hydrogen-bond acceptors (Lipinski definition) is 4. The molecule has 1 amide bonds. The summed E-state index contributed by atoms with van der Waals surface area (Å²) < 4.78 is 17.5. The Morgan fingerprint density at radius 1 is 0.825 bits per heavy atom. The lowest BCUT2D eigenvalue weighted by Crippen LogP contribution is -2.41. The Balaban J connectivity index is 1.56. The first-order valence-corrected chi connectivity index (χ1v) is 14.9. The van der Waals surface area contributed by atoms with Gasteiger partial charge in [-0.2, -0.15) is 0 Å². The SMILES string of the molecule is Cc1ccccc1-c1cc(CCc2cccc(Oc3ccccc3)c2)ccc1C(=O)N[C@@H](CCS(C)=O)C(=O)O. The first-order chi connectivity index (χ1) is 19.3. The molecule has 2 N–H and O–H groups in total. The van der Waals surface area contributed by atoms with E-state index in [1.807, 2.05) is 91.9 Å². The Kier molecular flexibility index (Phi) is 9.86. The first-order valence-electron chi connectivity index (χ1n) is 13.1. The first kappa shape index (κ1) is 28.8. The molecule has 1 unspecified atom stereocenters. The van der Waals surface area contributed by atoms with Crippen LogP contribution >= 0.6 is 0 Å². The fraction of sp³-hybridized carbons (Fsp3) is 0.212. The summed E-state index contributed by atoms with van der Waals surface area (Å²) in [6, 6.07) is 30.0. The van der Waals surface area contributed by atoms with E-state index in [0.29, 0.717) is 5.56 Å². The number of rotatable bonds is 12. The number of amides is 1. The lowest BCUT2D eigenvalue weighted by atomic mass is 9.92. The van der Waals surface area contributed by atoms with Crippen molar-refractivity contribution in [1.29, 1.82) is 0 Å². The number of carbonyl (C=O) groups is 2. The predicted molar refractivity (Wildman–Crippen MR) is 159 cm³/mol. The van der Waals surface area contributed by atoms with Crippen molar-refractivity contribution < 1.29 is 23.6 Å². The molecular weight excluding hydrogens is 522 g/mol. The second kappa shape index (κ2) is 13.7. The smallest absolute Gasteiger partial charge is 0.326 e. The third kappa shape index (κ3) is 7.90. The molecule has 4 aromatic rings. The molecule has 0 spiro atoms. The van der Waals surface area contributed by atoms with Crippen molar-refractivity contribution in [3.8, 4) is 22.6 Å². The topological polar surface area (TPSA) is 92.7 Å². The molecule has 0 aliphatic rings. The van der Waals surface area contributed by atoms with Crippen LogP contribution in [-0.2, 0) is 28.4 Å². The Bertz CT molecular complexity index is 1500. The van der Waals surface area contributed by atoms with E-state index >= 15 is 0 Å². The molecule has 0 aliphatic carbocycles. The highest BCUT2D eigenvalue weighted by molar-refractivity contribution is 7.84. The summed E-state index contributed by atoms with van der Waals surface area (Å²) in [5.41, 5.74) is 5.26. The third-order valence-electron chi connectivity index (χ3n) is 6.64. The van der Waals surface area contributed by atoms with Gasteiger partial charge in [-0.05, 0) is 84.3 Å². The molecule has 0 saturated carbocycles. The molecule has 4 aromatic carbocycles. The number of nitrogens with one attached hydrogen (secondary N) is 1. The van der Waals surface area contributed by atoms with Crippen LogP contribution in [0.2, 0.25) is 0 Å². The summed E-state index contributed by atoms with van der Waals surface area (Å²) in [5, 5.41) is 12.2. The molecular formula is C33H33NO5S. The molecule has 0 saturated heterocycles. The van der Waals surface area contributed by atoms with Crippen LogP contribution in [0.3, 0.4) is 0 Å². The maximum absolute atomic E-state index is 13.3. The molecule has 0 heterocycles. The van der Waals surface area contributed by atoms with Crippen LogP contribution in [0.25, 0.3) is 11.1 Å². The van der Waals surface area contributed by atoms with E-state index in [9.17, 15) is 18.9 Å². The second-order valence-corrected chi connectivity index (χ2v) is 11.2. The van der Waals surface area contributed by atoms with Gasteiger partial charge in [0, 0.05) is 28.4 Å². The minimum absolute atomic E-state index is 0.0923. The molecule has 0 fully saturated rings. The molecule has 40 heavy (non-hydrogen) atoms. The van der Waals surface area contributed by atoms with E-state index in [4.69, 9.17) is 4.74 Å². The van der Waals surface area contributed by atoms with E-state index in [1.54, 1.807) is 6.07 Å². The number of benzene rings is 4. The van der Waals surface area contributed by atoms with E-state index < -0.39 is 28.7 Å². The Morgan fingerprint density at radius 3 is 2.20 bits per heavy atom. The molecule has 7 heteroatoms. The van der Waals surface area contributed by atoms with Gasteiger partial charge in [-0.3, -0.25) is 9.00 Å². The molecule has 0 radical (unpaired) electrons. The standard InChI is InChI=1S/C33H33NO5S/c1-23-9-6-7-14-28(23)30-22-25(17-18-29(30)32(35)34-31(33(36)37)19-20-40(2)38)16-15-24-10-8-13-27(21-24)39-26-11-4-3-5-12-26/h3-14,17-18,21-22,31H,15-16,19-20H2,1-2H3,(H,34,35)(H,36,37)/t31-,40?/m0/s1. The van der Waals surface area contributed by atoms with Gasteiger partial charge in [0.25, 0.3) is 5.91 Å². The zero-order valence-corrected chi connectivity index (χ0v) is 23.4. The van der Waals surface area contributed by atoms with Crippen molar-refractivity contribution in [2.24, 2.45) is 0 Å². The fourth-order valence-corrected chi connectivity index (χ4v) is 5.07. The average Bonchev–Trinajstić information content (AvgIpc) is 2.94. The van der Waals surface area contributed by atoms with Gasteiger partial charge in [0.1, 0.15) is 17.5 Å². The monoisotopic (exact) mass is 555 g/mol. The number of ether oxygens (including phenoxy) is 1. The van der Waals surface area contributed by atoms with E-state index in [1.165, 1.54) is 6.26 Å². The van der Waals surface area contributed by atoms with Gasteiger partial charge in [0.15, 0.2) is 0 Å². The van der Waals surface area contributed by atoms with Crippen molar-refractivity contribution in [2.75, 3.05) is 12.0 Å². The molecule has 6 nitrogen and oxygen atoms in total. The van der Waals surface area contributed by atoms with Gasteiger partial charge in [-0.15, -0.1) is 0 Å². The fourth-order valence-electron chi connectivity index (χ4n) is 4.50. The van der Waals surface area contributed by atoms with Crippen LogP contribution < -0.4 is 10.1 Å². The van der Waals surface area contributed by atoms with Crippen LogP contribution in [0.1, 0.15) is 33.5 Å². The summed E-state index contributed by atoms with van der Waals surface area (Å²) in [6.45, 7) is 1.98. The number of carboxylic acid groups (broad SMARTS) is 1. The normalized spacial score (nSPS) is 12.3. The van der Waals surface area contributed by atoms with Crippen LogP contribution in [0.5, 0.6) is 11.5 Å². The lowest BCUT2D eigenvalue weighted by molar-refractivity contribution is -0.139. The van der Waals surface area contributed by atoms with E-state index in [-0.39, 0.29) is 12.2 Å². The molecule has 0 bridgehead atoms. The predicted octanol–water partition coefficient (Wildman–Crippen LogP) is 6.19. The van der Waals surface area contributed by atoms with Crippen LogP contribution in [0.4, 0.5) is 0 Å². The zero-order valence-electron chi connectivity index (χ0n) is 22.6. The average molecular weight is 556 g/mol. The Hall–Kier alpha value is -4.23. The van der Waals surface area contributed by atoms with Crippen molar-refractivity contribution in [3.05, 3.63) is 119 Å². The molecule has 0 aliphatic heterocycles. The number of aliphatic carboxylic acids is 1. The van der Waals surface area contributed by atoms with Gasteiger partial charge in [0.05, 0.1) is 0 Å².